The first-order valence-electron chi connectivity index (χ1n) is 12.4. The van der Waals surface area contributed by atoms with Crippen LogP contribution < -0.4 is 9.80 Å². The second kappa shape index (κ2) is 10.6. The Morgan fingerprint density at radius 3 is 2.44 bits per heavy atom. The fraction of sp³-hybridized carbons (Fsp3) is 0.583. The van der Waals surface area contributed by atoms with E-state index < -0.39 is 12.2 Å². The van der Waals surface area contributed by atoms with Gasteiger partial charge in [0.2, 0.25) is 17.8 Å². The van der Waals surface area contributed by atoms with Crippen molar-refractivity contribution in [3.63, 3.8) is 0 Å². The van der Waals surface area contributed by atoms with Crippen LogP contribution in [0, 0.1) is 0 Å². The average molecular weight is 503 g/mol. The molecule has 2 aliphatic rings. The summed E-state index contributed by atoms with van der Waals surface area (Å²) in [6.07, 6.45) is -2.08. The first-order valence-corrected chi connectivity index (χ1v) is 12.4. The van der Waals surface area contributed by atoms with Gasteiger partial charge in [0.15, 0.2) is 5.82 Å². The maximum absolute atomic E-state index is 14.1. The molecule has 4 heterocycles. The normalized spacial score (nSPS) is 21.6. The van der Waals surface area contributed by atoms with Gasteiger partial charge in [-0.3, -0.25) is 9.47 Å². The number of alkyl halides is 2. The predicted molar refractivity (Wildman–Crippen MR) is 132 cm³/mol. The molecule has 3 aromatic rings. The number of fused-ring (bicyclic) bond motifs is 1. The number of hydrogen-bond donors (Lipinski definition) is 1. The first kappa shape index (κ1) is 24.7. The quantitative estimate of drug-likeness (QED) is 0.522. The average Bonchev–Trinajstić information content (AvgIpc) is 3.29. The molecule has 2 aliphatic heterocycles. The van der Waals surface area contributed by atoms with Crippen LogP contribution in [0.2, 0.25) is 0 Å². The molecule has 10 nitrogen and oxygen atoms in total. The van der Waals surface area contributed by atoms with Gasteiger partial charge in [0, 0.05) is 45.9 Å². The van der Waals surface area contributed by atoms with E-state index in [1.807, 2.05) is 13.8 Å². The van der Waals surface area contributed by atoms with Crippen LogP contribution >= 0.6 is 0 Å². The minimum atomic E-state index is -2.79. The topological polar surface area (TPSA) is 95.7 Å². The van der Waals surface area contributed by atoms with Crippen molar-refractivity contribution in [3.05, 3.63) is 30.1 Å². The van der Waals surface area contributed by atoms with E-state index in [0.717, 1.165) is 26.1 Å². The Morgan fingerprint density at radius 2 is 1.69 bits per heavy atom. The van der Waals surface area contributed by atoms with Gasteiger partial charge < -0.3 is 19.6 Å². The number of anilines is 2. The van der Waals surface area contributed by atoms with Crippen molar-refractivity contribution < 1.29 is 18.6 Å². The number of piperazine rings is 1. The van der Waals surface area contributed by atoms with Crippen molar-refractivity contribution >= 4 is 22.9 Å². The number of nitrogens with zero attached hydrogens (tertiary/aromatic N) is 8. The first-order chi connectivity index (χ1) is 17.5. The summed E-state index contributed by atoms with van der Waals surface area (Å²) >= 11 is 0. The molecule has 0 radical (unpaired) electrons. The van der Waals surface area contributed by atoms with E-state index in [9.17, 15) is 8.78 Å². The van der Waals surface area contributed by atoms with E-state index in [4.69, 9.17) is 24.8 Å². The van der Waals surface area contributed by atoms with Crippen molar-refractivity contribution in [2.45, 2.75) is 38.8 Å². The van der Waals surface area contributed by atoms with E-state index in [0.29, 0.717) is 49.2 Å². The highest BCUT2D eigenvalue weighted by Gasteiger charge is 2.31. The van der Waals surface area contributed by atoms with E-state index in [1.54, 1.807) is 24.3 Å². The van der Waals surface area contributed by atoms with Crippen molar-refractivity contribution in [2.75, 3.05) is 62.3 Å². The third-order valence-corrected chi connectivity index (χ3v) is 7.01. The molecule has 194 valence electrons. The molecule has 0 saturated carbocycles. The molecule has 12 heteroatoms. The summed E-state index contributed by atoms with van der Waals surface area (Å²) < 4.78 is 35.3. The maximum Gasteiger partial charge on any atom is 0.296 e. The van der Waals surface area contributed by atoms with E-state index in [2.05, 4.69) is 19.7 Å². The standard InChI is InChI=1S/C24H32F2N8O2/c1-16-17(2)36-15-13-33(16)23-28-22(32-11-9-31(10-12-32)8-5-14-35)29-24(30-23)34-19-7-4-3-6-18(19)27-21(34)20(25)26/h3-4,6-7,16-17,20,35H,5,8-15H2,1-2H3/t16-,17+/m0/s1. The molecule has 0 spiro atoms. The minimum absolute atomic E-state index is 0.00581. The lowest BCUT2D eigenvalue weighted by atomic mass is 10.1. The molecule has 0 amide bonds. The molecule has 5 rings (SSSR count). The van der Waals surface area contributed by atoms with E-state index in [-0.39, 0.29) is 24.7 Å². The van der Waals surface area contributed by atoms with Gasteiger partial charge in [0.1, 0.15) is 0 Å². The molecule has 1 N–H and O–H groups in total. The Hall–Kier alpha value is -2.96. The van der Waals surface area contributed by atoms with Gasteiger partial charge in [-0.1, -0.05) is 12.1 Å². The van der Waals surface area contributed by atoms with Gasteiger partial charge >= 0.3 is 0 Å². The number of imidazole rings is 1. The highest BCUT2D eigenvalue weighted by Crippen LogP contribution is 2.29. The summed E-state index contributed by atoms with van der Waals surface area (Å²) in [5.74, 6) is 0.643. The van der Waals surface area contributed by atoms with Crippen molar-refractivity contribution in [2.24, 2.45) is 0 Å². The van der Waals surface area contributed by atoms with Crippen LogP contribution in [0.3, 0.4) is 0 Å². The number of rotatable bonds is 7. The van der Waals surface area contributed by atoms with Crippen LogP contribution in [0.5, 0.6) is 0 Å². The summed E-state index contributed by atoms with van der Waals surface area (Å²) in [5.41, 5.74) is 0.982. The lowest BCUT2D eigenvalue weighted by Gasteiger charge is -2.38. The van der Waals surface area contributed by atoms with Gasteiger partial charge in [-0.05, 0) is 32.4 Å². The number of hydrogen-bond acceptors (Lipinski definition) is 9. The second-order valence-corrected chi connectivity index (χ2v) is 9.25. The number of benzene rings is 1. The number of aliphatic hydroxyl groups is 1. The molecule has 36 heavy (non-hydrogen) atoms. The second-order valence-electron chi connectivity index (χ2n) is 9.25. The van der Waals surface area contributed by atoms with Gasteiger partial charge in [-0.15, -0.1) is 0 Å². The zero-order valence-corrected chi connectivity index (χ0v) is 20.6. The zero-order chi connectivity index (χ0) is 25.2. The molecule has 2 atom stereocenters. The predicted octanol–water partition coefficient (Wildman–Crippen LogP) is 2.27. The van der Waals surface area contributed by atoms with Crippen molar-refractivity contribution in [1.29, 1.82) is 0 Å². The number of para-hydroxylation sites is 2. The molecule has 1 aromatic carbocycles. The fourth-order valence-corrected chi connectivity index (χ4v) is 4.80. The Morgan fingerprint density at radius 1 is 0.972 bits per heavy atom. The smallest absolute Gasteiger partial charge is 0.296 e. The van der Waals surface area contributed by atoms with Crippen LogP contribution in [0.4, 0.5) is 20.7 Å². The van der Waals surface area contributed by atoms with Crippen LogP contribution in [-0.4, -0.2) is 99.1 Å². The largest absolute Gasteiger partial charge is 0.396 e. The number of halogens is 2. The summed E-state index contributed by atoms with van der Waals surface area (Å²) in [6, 6.07) is 7.02. The molecular weight excluding hydrogens is 470 g/mol. The third kappa shape index (κ3) is 4.84. The lowest BCUT2D eigenvalue weighted by molar-refractivity contribution is 0.0277. The van der Waals surface area contributed by atoms with Crippen LogP contribution in [0.15, 0.2) is 24.3 Å². The molecule has 2 fully saturated rings. The summed E-state index contributed by atoms with van der Waals surface area (Å²) in [5, 5.41) is 9.14. The molecule has 2 aromatic heterocycles. The monoisotopic (exact) mass is 502 g/mol. The molecular formula is C24H32F2N8O2. The number of ether oxygens (including phenoxy) is 1. The van der Waals surface area contributed by atoms with E-state index >= 15 is 0 Å². The van der Waals surface area contributed by atoms with Gasteiger partial charge in [-0.25, -0.2) is 13.8 Å². The third-order valence-electron chi connectivity index (χ3n) is 7.01. The Balaban J connectivity index is 1.57. The van der Waals surface area contributed by atoms with Crippen molar-refractivity contribution in [1.82, 2.24) is 29.4 Å². The van der Waals surface area contributed by atoms with E-state index in [1.165, 1.54) is 4.57 Å². The number of morpholine rings is 1. The maximum atomic E-state index is 14.1. The highest BCUT2D eigenvalue weighted by atomic mass is 19.3. The van der Waals surface area contributed by atoms with Crippen LogP contribution in [-0.2, 0) is 4.74 Å². The summed E-state index contributed by atoms with van der Waals surface area (Å²) in [6.45, 7) is 9.16. The summed E-state index contributed by atoms with van der Waals surface area (Å²) in [7, 11) is 0. The Labute approximate surface area is 208 Å². The fourth-order valence-electron chi connectivity index (χ4n) is 4.80. The lowest BCUT2D eigenvalue weighted by Crippen LogP contribution is -2.50. The number of aromatic nitrogens is 5. The molecule has 0 unspecified atom stereocenters. The Bertz CT molecular complexity index is 1180. The summed E-state index contributed by atoms with van der Waals surface area (Å²) in [4.78, 5) is 24.8. The van der Waals surface area contributed by atoms with Crippen LogP contribution in [0.1, 0.15) is 32.5 Å². The number of aliphatic hydroxyl groups excluding tert-OH is 1. The Kier molecular flexibility index (Phi) is 7.26. The van der Waals surface area contributed by atoms with Crippen molar-refractivity contribution in [3.8, 4) is 5.95 Å². The van der Waals surface area contributed by atoms with Crippen LogP contribution in [0.25, 0.3) is 17.0 Å². The highest BCUT2D eigenvalue weighted by molar-refractivity contribution is 5.77. The molecule has 0 aliphatic carbocycles. The molecule has 0 bridgehead atoms. The SMILES string of the molecule is C[C@H]1OCCN(c2nc(N3CCN(CCCO)CC3)nc(-n3c(C(F)F)nc4ccccc43)n2)[C@H]1C. The zero-order valence-electron chi connectivity index (χ0n) is 20.6. The molecule has 2 saturated heterocycles. The minimum Gasteiger partial charge on any atom is -0.396 e. The van der Waals surface area contributed by atoms with Gasteiger partial charge in [-0.2, -0.15) is 15.0 Å². The van der Waals surface area contributed by atoms with Gasteiger partial charge in [0.25, 0.3) is 6.43 Å². The van der Waals surface area contributed by atoms with Gasteiger partial charge in [0.05, 0.1) is 29.8 Å².